The molecule has 0 saturated heterocycles. The van der Waals surface area contributed by atoms with Crippen LogP contribution in [-0.2, 0) is 0 Å². The minimum atomic E-state index is 0.750. The van der Waals surface area contributed by atoms with E-state index in [9.17, 15) is 0 Å². The molecule has 2 aliphatic rings. The molecule has 0 heteroatoms. The summed E-state index contributed by atoms with van der Waals surface area (Å²) in [7, 11) is 0. The molecule has 0 nitrogen and oxygen atoms in total. The second-order valence-electron chi connectivity index (χ2n) is 5.01. The van der Waals surface area contributed by atoms with Crippen molar-refractivity contribution in [3.8, 4) is 0 Å². The van der Waals surface area contributed by atoms with E-state index in [0.717, 1.165) is 23.7 Å². The molecule has 78 valence electrons. The molecule has 2 fully saturated rings. The molecule has 4 atom stereocenters. The zero-order valence-corrected chi connectivity index (χ0v) is 9.10. The molecule has 2 saturated carbocycles. The molecule has 0 aliphatic heterocycles. The Kier molecular flexibility index (Phi) is 2.16. The molecule has 1 aromatic carbocycles. The van der Waals surface area contributed by atoms with Crippen molar-refractivity contribution < 1.29 is 0 Å². The highest BCUT2D eigenvalue weighted by Crippen LogP contribution is 2.60. The monoisotopic (exact) mass is 198 g/mol. The Morgan fingerprint density at radius 3 is 2.53 bits per heavy atom. The molecule has 1 aromatic rings. The largest absolute Gasteiger partial charge is 0.103 e. The fourth-order valence-electron chi connectivity index (χ4n) is 3.81. The topological polar surface area (TPSA) is 0 Å². The second kappa shape index (κ2) is 3.52. The first kappa shape index (κ1) is 9.21. The lowest BCUT2D eigenvalue weighted by atomic mass is 9.56. The van der Waals surface area contributed by atoms with Gasteiger partial charge in [-0.3, -0.25) is 0 Å². The summed E-state index contributed by atoms with van der Waals surface area (Å²) < 4.78 is 0. The summed E-state index contributed by atoms with van der Waals surface area (Å²) in [5, 5.41) is 0. The molecule has 0 aromatic heterocycles. The molecular formula is C15H18. The lowest BCUT2D eigenvalue weighted by Gasteiger charge is -2.48. The van der Waals surface area contributed by atoms with Crippen LogP contribution in [0.15, 0.2) is 43.0 Å². The van der Waals surface area contributed by atoms with Crippen molar-refractivity contribution in [2.24, 2.45) is 17.8 Å². The van der Waals surface area contributed by atoms with Crippen molar-refractivity contribution in [3.05, 3.63) is 48.6 Å². The van der Waals surface area contributed by atoms with E-state index in [4.69, 9.17) is 0 Å². The first-order valence-corrected chi connectivity index (χ1v) is 6.09. The SMILES string of the molecule is C=CC1C2CCCC2C1c1ccccc1. The van der Waals surface area contributed by atoms with Crippen molar-refractivity contribution in [3.63, 3.8) is 0 Å². The zero-order chi connectivity index (χ0) is 10.3. The van der Waals surface area contributed by atoms with Crippen LogP contribution >= 0.6 is 0 Å². The van der Waals surface area contributed by atoms with Gasteiger partial charge in [0.25, 0.3) is 0 Å². The number of benzene rings is 1. The fourth-order valence-corrected chi connectivity index (χ4v) is 3.81. The van der Waals surface area contributed by atoms with E-state index in [2.05, 4.69) is 43.0 Å². The van der Waals surface area contributed by atoms with Gasteiger partial charge in [-0.15, -0.1) is 6.58 Å². The molecular weight excluding hydrogens is 180 g/mol. The van der Waals surface area contributed by atoms with E-state index < -0.39 is 0 Å². The summed E-state index contributed by atoms with van der Waals surface area (Å²) in [5.74, 6) is 3.43. The van der Waals surface area contributed by atoms with Gasteiger partial charge in [0, 0.05) is 0 Å². The predicted molar refractivity (Wildman–Crippen MR) is 63.7 cm³/mol. The molecule has 3 rings (SSSR count). The maximum absolute atomic E-state index is 4.02. The van der Waals surface area contributed by atoms with Crippen LogP contribution in [0.2, 0.25) is 0 Å². The second-order valence-corrected chi connectivity index (χ2v) is 5.01. The van der Waals surface area contributed by atoms with Crippen LogP contribution in [0, 0.1) is 17.8 Å². The van der Waals surface area contributed by atoms with E-state index >= 15 is 0 Å². The third-order valence-electron chi connectivity index (χ3n) is 4.45. The van der Waals surface area contributed by atoms with Crippen LogP contribution in [0.5, 0.6) is 0 Å². The highest BCUT2D eigenvalue weighted by atomic mass is 14.5. The number of hydrogen-bond acceptors (Lipinski definition) is 0. The van der Waals surface area contributed by atoms with Crippen LogP contribution in [0.4, 0.5) is 0 Å². The number of allylic oxidation sites excluding steroid dienone is 1. The Bertz CT molecular complexity index is 352. The quantitative estimate of drug-likeness (QED) is 0.630. The van der Waals surface area contributed by atoms with Crippen molar-refractivity contribution >= 4 is 0 Å². The Morgan fingerprint density at radius 1 is 1.07 bits per heavy atom. The van der Waals surface area contributed by atoms with E-state index in [0.29, 0.717) is 0 Å². The van der Waals surface area contributed by atoms with Crippen molar-refractivity contribution in [1.82, 2.24) is 0 Å². The summed E-state index contributed by atoms with van der Waals surface area (Å²) in [4.78, 5) is 0. The minimum absolute atomic E-state index is 0.750. The van der Waals surface area contributed by atoms with Gasteiger partial charge in [0.15, 0.2) is 0 Å². The summed E-state index contributed by atoms with van der Waals surface area (Å²) in [5.41, 5.74) is 1.53. The van der Waals surface area contributed by atoms with Crippen LogP contribution < -0.4 is 0 Å². The van der Waals surface area contributed by atoms with Crippen LogP contribution in [-0.4, -0.2) is 0 Å². The maximum Gasteiger partial charge on any atom is -0.00652 e. The Morgan fingerprint density at radius 2 is 1.80 bits per heavy atom. The molecule has 0 spiro atoms. The number of rotatable bonds is 2. The van der Waals surface area contributed by atoms with Gasteiger partial charge in [-0.05, 0) is 42.1 Å². The van der Waals surface area contributed by atoms with E-state index in [1.807, 2.05) is 0 Å². The fraction of sp³-hybridized carbons (Fsp3) is 0.467. The summed E-state index contributed by atoms with van der Waals surface area (Å²) in [6.45, 7) is 4.02. The average Bonchev–Trinajstić information content (AvgIpc) is 2.65. The third kappa shape index (κ3) is 1.27. The summed E-state index contributed by atoms with van der Waals surface area (Å²) in [6, 6.07) is 11.0. The Labute approximate surface area is 92.0 Å². The summed E-state index contributed by atoms with van der Waals surface area (Å²) in [6.07, 6.45) is 6.51. The molecule has 2 aliphatic carbocycles. The van der Waals surface area contributed by atoms with Gasteiger partial charge < -0.3 is 0 Å². The predicted octanol–water partition coefficient (Wildman–Crippen LogP) is 4.00. The van der Waals surface area contributed by atoms with Gasteiger partial charge >= 0.3 is 0 Å². The van der Waals surface area contributed by atoms with Gasteiger partial charge in [0.2, 0.25) is 0 Å². The highest BCUT2D eigenvalue weighted by molar-refractivity contribution is 5.28. The van der Waals surface area contributed by atoms with Gasteiger partial charge in [-0.2, -0.15) is 0 Å². The molecule has 0 N–H and O–H groups in total. The standard InChI is InChI=1S/C15H18/c1-2-12-13-9-6-10-14(13)15(12)11-7-4-3-5-8-11/h2-5,7-8,12-15H,1,6,9-10H2. The maximum atomic E-state index is 4.02. The Balaban J connectivity index is 1.90. The average molecular weight is 198 g/mol. The van der Waals surface area contributed by atoms with Crippen LogP contribution in [0.25, 0.3) is 0 Å². The van der Waals surface area contributed by atoms with E-state index in [1.165, 1.54) is 24.8 Å². The molecule has 4 unspecified atom stereocenters. The van der Waals surface area contributed by atoms with E-state index in [-0.39, 0.29) is 0 Å². The van der Waals surface area contributed by atoms with E-state index in [1.54, 1.807) is 0 Å². The normalized spacial score (nSPS) is 38.1. The van der Waals surface area contributed by atoms with Gasteiger partial charge in [0.05, 0.1) is 0 Å². The smallest absolute Gasteiger partial charge is 0.00652 e. The van der Waals surface area contributed by atoms with Crippen molar-refractivity contribution in [2.45, 2.75) is 25.2 Å². The number of fused-ring (bicyclic) bond motifs is 1. The van der Waals surface area contributed by atoms with Crippen molar-refractivity contribution in [1.29, 1.82) is 0 Å². The zero-order valence-electron chi connectivity index (χ0n) is 9.10. The highest BCUT2D eigenvalue weighted by Gasteiger charge is 2.50. The van der Waals surface area contributed by atoms with Gasteiger partial charge in [-0.25, -0.2) is 0 Å². The minimum Gasteiger partial charge on any atom is -0.103 e. The number of hydrogen-bond donors (Lipinski definition) is 0. The molecule has 0 radical (unpaired) electrons. The molecule has 0 bridgehead atoms. The third-order valence-corrected chi connectivity index (χ3v) is 4.45. The molecule has 15 heavy (non-hydrogen) atoms. The van der Waals surface area contributed by atoms with Crippen LogP contribution in [0.1, 0.15) is 30.7 Å². The Hall–Kier alpha value is -1.04. The van der Waals surface area contributed by atoms with Gasteiger partial charge in [0.1, 0.15) is 0 Å². The van der Waals surface area contributed by atoms with Crippen LogP contribution in [0.3, 0.4) is 0 Å². The van der Waals surface area contributed by atoms with Crippen molar-refractivity contribution in [2.75, 3.05) is 0 Å². The first-order valence-electron chi connectivity index (χ1n) is 6.09. The molecule has 0 heterocycles. The summed E-state index contributed by atoms with van der Waals surface area (Å²) >= 11 is 0. The lowest BCUT2D eigenvalue weighted by molar-refractivity contribution is 0.0990. The first-order chi connectivity index (χ1) is 7.42. The molecule has 0 amide bonds. The lowest BCUT2D eigenvalue weighted by Crippen LogP contribution is -2.40. The van der Waals surface area contributed by atoms with Gasteiger partial charge in [-0.1, -0.05) is 42.8 Å².